The molecule has 1 atom stereocenters. The monoisotopic (exact) mass is 384 g/mol. The smallest absolute Gasteiger partial charge is 0.327 e. The molecule has 0 aromatic rings. The molecule has 0 bridgehead atoms. The van der Waals surface area contributed by atoms with Crippen LogP contribution in [0.2, 0.25) is 0 Å². The molecule has 0 aromatic carbocycles. The summed E-state index contributed by atoms with van der Waals surface area (Å²) < 4.78 is 28.0. The molecule has 0 aliphatic carbocycles. The molecule has 24 heavy (non-hydrogen) atoms. The van der Waals surface area contributed by atoms with Crippen molar-refractivity contribution in [2.24, 2.45) is 0 Å². The number of rotatable bonds is 18. The molecule has 5 nitrogen and oxygen atoms in total. The summed E-state index contributed by atoms with van der Waals surface area (Å²) in [6.45, 7) is 8.52. The van der Waals surface area contributed by atoms with Crippen LogP contribution in [0, 0.1) is 0 Å². The van der Waals surface area contributed by atoms with Gasteiger partial charge in [-0.25, -0.2) is 0 Å². The molecule has 1 unspecified atom stereocenters. The summed E-state index contributed by atoms with van der Waals surface area (Å²) in [5.74, 6) is 0. The molecule has 0 radical (unpaired) electrons. The summed E-state index contributed by atoms with van der Waals surface area (Å²) in [5, 5.41) is 0. The van der Waals surface area contributed by atoms with Crippen molar-refractivity contribution in [3.63, 3.8) is 0 Å². The maximum atomic E-state index is 5.98. The Hall–Kier alpha value is 0.450. The Morgan fingerprint density at radius 2 is 1.33 bits per heavy atom. The zero-order chi connectivity index (χ0) is 18.1. The van der Waals surface area contributed by atoms with Gasteiger partial charge in [0.25, 0.3) is 0 Å². The number of hydrogen-bond acceptors (Lipinski definition) is 6. The van der Waals surface area contributed by atoms with Gasteiger partial charge >= 0.3 is 6.72 Å². The van der Waals surface area contributed by atoms with Gasteiger partial charge in [0.05, 0.1) is 32.5 Å². The highest BCUT2D eigenvalue weighted by atomic mass is 32.5. The van der Waals surface area contributed by atoms with Gasteiger partial charge in [-0.05, 0) is 39.0 Å². The fourth-order valence-electron chi connectivity index (χ4n) is 2.11. The second kappa shape index (κ2) is 16.9. The lowest BCUT2D eigenvalue weighted by molar-refractivity contribution is 0.0590. The van der Waals surface area contributed by atoms with E-state index < -0.39 is 6.72 Å². The van der Waals surface area contributed by atoms with Crippen LogP contribution in [0.25, 0.3) is 0 Å². The van der Waals surface area contributed by atoms with Crippen molar-refractivity contribution in [1.82, 2.24) is 0 Å². The van der Waals surface area contributed by atoms with E-state index in [-0.39, 0.29) is 6.10 Å². The van der Waals surface area contributed by atoms with Crippen molar-refractivity contribution in [3.05, 3.63) is 0 Å². The Morgan fingerprint density at radius 3 is 1.83 bits per heavy atom. The van der Waals surface area contributed by atoms with E-state index in [0.717, 1.165) is 12.8 Å². The maximum Gasteiger partial charge on any atom is 0.327 e. The Morgan fingerprint density at radius 1 is 0.792 bits per heavy atom. The predicted molar refractivity (Wildman–Crippen MR) is 103 cm³/mol. The van der Waals surface area contributed by atoms with Crippen LogP contribution in [-0.4, -0.2) is 45.7 Å². The van der Waals surface area contributed by atoms with Crippen LogP contribution in [-0.2, 0) is 34.9 Å². The first-order chi connectivity index (χ1) is 11.6. The summed E-state index contributed by atoms with van der Waals surface area (Å²) in [4.78, 5) is 0. The van der Waals surface area contributed by atoms with Crippen LogP contribution in [0.1, 0.15) is 66.2 Å². The van der Waals surface area contributed by atoms with Crippen LogP contribution in [0.4, 0.5) is 0 Å². The summed E-state index contributed by atoms with van der Waals surface area (Å²) in [6.07, 6.45) is 7.24. The van der Waals surface area contributed by atoms with Gasteiger partial charge < -0.3 is 23.0 Å². The molecule has 0 spiro atoms. The van der Waals surface area contributed by atoms with E-state index in [4.69, 9.17) is 34.9 Å². The summed E-state index contributed by atoms with van der Waals surface area (Å²) >= 11 is 5.53. The van der Waals surface area contributed by atoms with Gasteiger partial charge in [-0.15, -0.1) is 0 Å². The third kappa shape index (κ3) is 14.8. The van der Waals surface area contributed by atoms with Gasteiger partial charge in [0.15, 0.2) is 0 Å². The molecule has 0 heterocycles. The van der Waals surface area contributed by atoms with Gasteiger partial charge in [-0.2, -0.15) is 0 Å². The van der Waals surface area contributed by atoms with E-state index in [1.54, 1.807) is 0 Å². The normalized spacial score (nSPS) is 13.3. The lowest BCUT2D eigenvalue weighted by Crippen LogP contribution is -2.13. The summed E-state index contributed by atoms with van der Waals surface area (Å²) in [5.41, 5.74) is 0. The molecule has 0 amide bonds. The molecule has 0 N–H and O–H groups in total. The van der Waals surface area contributed by atoms with Crippen molar-refractivity contribution in [2.75, 3.05) is 39.6 Å². The second-order valence-corrected chi connectivity index (χ2v) is 8.59. The second-order valence-electron chi connectivity index (χ2n) is 5.63. The predicted octanol–water partition coefficient (Wildman–Crippen LogP) is 5.08. The molecule has 0 fully saturated rings. The molecule has 7 heteroatoms. The number of unbranched alkanes of at least 4 members (excludes halogenated alkanes) is 4. The molecule has 0 aliphatic rings. The first-order valence-electron chi connectivity index (χ1n) is 9.30. The minimum Gasteiger partial charge on any atom is -0.379 e. The van der Waals surface area contributed by atoms with E-state index >= 15 is 0 Å². The first kappa shape index (κ1) is 24.5. The highest BCUT2D eigenvalue weighted by Crippen LogP contribution is 2.51. The molecule has 146 valence electrons. The van der Waals surface area contributed by atoms with Crippen LogP contribution >= 0.6 is 6.72 Å². The zero-order valence-corrected chi connectivity index (χ0v) is 17.7. The molecular weight excluding hydrogens is 347 g/mol. The van der Waals surface area contributed by atoms with Crippen LogP contribution in [0.3, 0.4) is 0 Å². The Labute approximate surface area is 154 Å². The third-order valence-corrected chi connectivity index (χ3v) is 5.89. The Bertz CT molecular complexity index is 301. The summed E-state index contributed by atoms with van der Waals surface area (Å²) in [6, 6.07) is 0. The number of hydrogen-bond donors (Lipinski definition) is 0. The van der Waals surface area contributed by atoms with Crippen molar-refractivity contribution < 1.29 is 23.0 Å². The van der Waals surface area contributed by atoms with Crippen molar-refractivity contribution >= 4 is 18.5 Å². The van der Waals surface area contributed by atoms with Gasteiger partial charge in [0, 0.05) is 13.2 Å². The molecule has 0 rings (SSSR count). The highest BCUT2D eigenvalue weighted by Gasteiger charge is 2.23. The highest BCUT2D eigenvalue weighted by molar-refractivity contribution is 8.07. The molecule has 0 saturated heterocycles. The van der Waals surface area contributed by atoms with Gasteiger partial charge in [-0.3, -0.25) is 0 Å². The van der Waals surface area contributed by atoms with Crippen molar-refractivity contribution in [3.8, 4) is 0 Å². The fourth-order valence-corrected chi connectivity index (χ4v) is 4.34. The van der Waals surface area contributed by atoms with E-state index in [1.165, 1.54) is 25.7 Å². The molecule has 0 aromatic heterocycles. The van der Waals surface area contributed by atoms with E-state index in [9.17, 15) is 0 Å². The van der Waals surface area contributed by atoms with Crippen LogP contribution in [0.5, 0.6) is 0 Å². The van der Waals surface area contributed by atoms with Crippen LogP contribution in [0.15, 0.2) is 0 Å². The zero-order valence-electron chi connectivity index (χ0n) is 16.0. The lowest BCUT2D eigenvalue weighted by atomic mass is 10.1. The lowest BCUT2D eigenvalue weighted by Gasteiger charge is -2.25. The Balaban J connectivity index is 4.21. The minimum atomic E-state index is -2.74. The van der Waals surface area contributed by atoms with E-state index in [2.05, 4.69) is 6.92 Å². The van der Waals surface area contributed by atoms with E-state index in [0.29, 0.717) is 39.6 Å². The summed E-state index contributed by atoms with van der Waals surface area (Å²) in [7, 11) is 0. The molecule has 0 saturated carbocycles. The van der Waals surface area contributed by atoms with Gasteiger partial charge in [0.1, 0.15) is 0 Å². The largest absolute Gasteiger partial charge is 0.379 e. The fraction of sp³-hybridized carbons (Fsp3) is 1.00. The van der Waals surface area contributed by atoms with Crippen LogP contribution < -0.4 is 0 Å². The Kier molecular flexibility index (Phi) is 17.2. The average Bonchev–Trinajstić information content (AvgIpc) is 2.55. The average molecular weight is 385 g/mol. The molecule has 0 aliphatic heterocycles. The third-order valence-electron chi connectivity index (χ3n) is 3.39. The minimum absolute atomic E-state index is 0.0386. The first-order valence-corrected chi connectivity index (χ1v) is 11.9. The maximum absolute atomic E-state index is 5.98. The van der Waals surface area contributed by atoms with Crippen molar-refractivity contribution in [1.29, 1.82) is 0 Å². The topological polar surface area (TPSA) is 46.2 Å². The SMILES string of the molecule is CCCCCCCC(C)OP(=S)(OCCOCC)OCCOCC. The van der Waals surface area contributed by atoms with E-state index in [1.807, 2.05) is 20.8 Å². The molecular formula is C17H37O5PS. The number of ether oxygens (including phenoxy) is 2. The van der Waals surface area contributed by atoms with Crippen molar-refractivity contribution in [2.45, 2.75) is 72.3 Å². The van der Waals surface area contributed by atoms with Gasteiger partial charge in [0.2, 0.25) is 0 Å². The quantitative estimate of drug-likeness (QED) is 0.242. The standard InChI is InChI=1S/C17H37O5PS/c1-5-8-9-10-11-12-17(4)22-23(24,20-15-13-18-6-2)21-16-14-19-7-3/h17H,5-16H2,1-4H3. The van der Waals surface area contributed by atoms with Gasteiger partial charge in [-0.1, -0.05) is 39.0 Å².